The van der Waals surface area contributed by atoms with E-state index in [1.807, 2.05) is 12.2 Å². The third-order valence-electron chi connectivity index (χ3n) is 2.46. The van der Waals surface area contributed by atoms with E-state index in [1.54, 1.807) is 0 Å². The summed E-state index contributed by atoms with van der Waals surface area (Å²) in [6, 6.07) is 0. The topological polar surface area (TPSA) is 26.3 Å². The lowest BCUT2D eigenvalue weighted by Crippen LogP contribution is -2.07. The van der Waals surface area contributed by atoms with E-state index in [-0.39, 0.29) is 17.3 Å². The second kappa shape index (κ2) is 1.97. The van der Waals surface area contributed by atoms with Crippen molar-refractivity contribution in [2.24, 2.45) is 11.3 Å². The molecule has 0 N–H and O–H groups in total. The molecule has 0 aromatic rings. The summed E-state index contributed by atoms with van der Waals surface area (Å²) in [5.41, 5.74) is 0.0487. The average molecular weight is 150 g/mol. The molecule has 1 saturated carbocycles. The van der Waals surface area contributed by atoms with Crippen molar-refractivity contribution in [2.45, 2.75) is 6.42 Å². The Morgan fingerprint density at radius 1 is 1.55 bits per heavy atom. The fourth-order valence-corrected chi connectivity index (χ4v) is 1.63. The lowest BCUT2D eigenvalue weighted by Gasteiger charge is -2.00. The van der Waals surface area contributed by atoms with Gasteiger partial charge in [0.1, 0.15) is 0 Å². The quantitative estimate of drug-likeness (QED) is 0.526. The molecule has 2 nitrogen and oxygen atoms in total. The minimum Gasteiger partial charge on any atom is -0.469 e. The van der Waals surface area contributed by atoms with Crippen LogP contribution in [0.15, 0.2) is 24.3 Å². The first-order valence-corrected chi connectivity index (χ1v) is 3.73. The van der Waals surface area contributed by atoms with Crippen molar-refractivity contribution in [3.63, 3.8) is 0 Å². The molecule has 58 valence electrons. The molecule has 0 bridgehead atoms. The zero-order valence-corrected chi connectivity index (χ0v) is 6.41. The van der Waals surface area contributed by atoms with Gasteiger partial charge >= 0.3 is 5.97 Å². The van der Waals surface area contributed by atoms with Crippen LogP contribution < -0.4 is 0 Å². The Labute approximate surface area is 65.5 Å². The van der Waals surface area contributed by atoms with E-state index in [9.17, 15) is 4.79 Å². The first-order chi connectivity index (χ1) is 5.28. The lowest BCUT2D eigenvalue weighted by molar-refractivity contribution is -0.142. The zero-order chi connectivity index (χ0) is 7.90. The first-order valence-electron chi connectivity index (χ1n) is 3.73. The molecule has 0 aromatic heterocycles. The number of methoxy groups -OCH3 is 1. The summed E-state index contributed by atoms with van der Waals surface area (Å²) in [5.74, 6) is 0.00343. The molecule has 1 unspecified atom stereocenters. The van der Waals surface area contributed by atoms with Crippen LogP contribution in [-0.4, -0.2) is 13.1 Å². The number of hydrogen-bond acceptors (Lipinski definition) is 2. The molecule has 1 spiro atoms. The van der Waals surface area contributed by atoms with Crippen LogP contribution in [0.5, 0.6) is 0 Å². The third kappa shape index (κ3) is 0.821. The Kier molecular flexibility index (Phi) is 1.19. The van der Waals surface area contributed by atoms with E-state index >= 15 is 0 Å². The molecule has 0 heterocycles. The van der Waals surface area contributed by atoms with Crippen LogP contribution >= 0.6 is 0 Å². The van der Waals surface area contributed by atoms with Gasteiger partial charge in [-0.05, 0) is 6.42 Å². The normalized spacial score (nSPS) is 29.4. The number of ether oxygens (including phenoxy) is 1. The molecule has 2 aliphatic rings. The van der Waals surface area contributed by atoms with E-state index in [0.29, 0.717) is 0 Å². The van der Waals surface area contributed by atoms with Gasteiger partial charge in [0, 0.05) is 5.41 Å². The van der Waals surface area contributed by atoms with Crippen LogP contribution in [0, 0.1) is 11.3 Å². The summed E-state index contributed by atoms with van der Waals surface area (Å²) >= 11 is 0. The van der Waals surface area contributed by atoms with Gasteiger partial charge in [0.15, 0.2) is 0 Å². The Bertz CT molecular complexity index is 238. The largest absolute Gasteiger partial charge is 0.469 e. The molecule has 2 rings (SSSR count). The Balaban J connectivity index is 2.10. The maximum atomic E-state index is 11.0. The van der Waals surface area contributed by atoms with Crippen LogP contribution in [0.4, 0.5) is 0 Å². The molecule has 0 aliphatic heterocycles. The Morgan fingerprint density at radius 3 is 2.73 bits per heavy atom. The first kappa shape index (κ1) is 6.65. The molecule has 0 amide bonds. The number of hydrogen-bond donors (Lipinski definition) is 0. The minimum absolute atomic E-state index is 0.0487. The summed E-state index contributed by atoms with van der Waals surface area (Å²) in [7, 11) is 1.44. The summed E-state index contributed by atoms with van der Waals surface area (Å²) in [6.45, 7) is 0. The van der Waals surface area contributed by atoms with Gasteiger partial charge in [-0.3, -0.25) is 4.79 Å². The van der Waals surface area contributed by atoms with Crippen molar-refractivity contribution >= 4 is 5.97 Å². The van der Waals surface area contributed by atoms with E-state index in [1.165, 1.54) is 7.11 Å². The molecule has 1 atom stereocenters. The molecular weight excluding hydrogens is 140 g/mol. The van der Waals surface area contributed by atoms with Crippen LogP contribution in [0.3, 0.4) is 0 Å². The predicted molar refractivity (Wildman–Crippen MR) is 40.8 cm³/mol. The minimum atomic E-state index is -0.0822. The molecule has 0 radical (unpaired) electrons. The SMILES string of the molecule is COC(=O)C1CC12C=CC=C2. The molecule has 2 heteroatoms. The van der Waals surface area contributed by atoms with Gasteiger partial charge in [-0.2, -0.15) is 0 Å². The second-order valence-electron chi connectivity index (χ2n) is 3.11. The van der Waals surface area contributed by atoms with Gasteiger partial charge < -0.3 is 4.74 Å². The maximum Gasteiger partial charge on any atom is 0.309 e. The summed E-state index contributed by atoms with van der Waals surface area (Å²) in [5, 5.41) is 0. The highest BCUT2D eigenvalue weighted by Crippen LogP contribution is 2.57. The number of carbonyl (C=O) groups excluding carboxylic acids is 1. The maximum absolute atomic E-state index is 11.0. The van der Waals surface area contributed by atoms with E-state index in [0.717, 1.165) is 6.42 Å². The number of carbonyl (C=O) groups is 1. The summed E-state index contributed by atoms with van der Waals surface area (Å²) < 4.78 is 4.65. The predicted octanol–water partition coefficient (Wildman–Crippen LogP) is 1.29. The highest BCUT2D eigenvalue weighted by molar-refractivity contribution is 5.78. The average Bonchev–Trinajstić information content (AvgIpc) is 2.48. The Hall–Kier alpha value is -1.05. The van der Waals surface area contributed by atoms with Gasteiger partial charge in [-0.15, -0.1) is 0 Å². The fraction of sp³-hybridized carbons (Fsp3) is 0.444. The molecule has 0 saturated heterocycles. The van der Waals surface area contributed by atoms with Crippen LogP contribution in [0.2, 0.25) is 0 Å². The molecule has 1 fully saturated rings. The monoisotopic (exact) mass is 150 g/mol. The van der Waals surface area contributed by atoms with E-state index in [4.69, 9.17) is 0 Å². The molecular formula is C9H10O2. The lowest BCUT2D eigenvalue weighted by atomic mass is 10.1. The number of esters is 1. The van der Waals surface area contributed by atoms with Gasteiger partial charge in [0.2, 0.25) is 0 Å². The van der Waals surface area contributed by atoms with Crippen molar-refractivity contribution in [1.29, 1.82) is 0 Å². The van der Waals surface area contributed by atoms with E-state index < -0.39 is 0 Å². The van der Waals surface area contributed by atoms with Crippen molar-refractivity contribution in [3.05, 3.63) is 24.3 Å². The fourth-order valence-electron chi connectivity index (χ4n) is 1.63. The molecule has 0 aromatic carbocycles. The van der Waals surface area contributed by atoms with Gasteiger partial charge in [0.05, 0.1) is 13.0 Å². The van der Waals surface area contributed by atoms with Crippen molar-refractivity contribution in [1.82, 2.24) is 0 Å². The summed E-state index contributed by atoms with van der Waals surface area (Å²) in [6.07, 6.45) is 9.06. The Morgan fingerprint density at radius 2 is 2.18 bits per heavy atom. The van der Waals surface area contributed by atoms with Crippen molar-refractivity contribution in [3.8, 4) is 0 Å². The number of rotatable bonds is 1. The summed E-state index contributed by atoms with van der Waals surface area (Å²) in [4.78, 5) is 11.0. The molecule has 11 heavy (non-hydrogen) atoms. The van der Waals surface area contributed by atoms with Gasteiger partial charge in [0.25, 0.3) is 0 Å². The highest BCUT2D eigenvalue weighted by atomic mass is 16.5. The van der Waals surface area contributed by atoms with Crippen LogP contribution in [-0.2, 0) is 9.53 Å². The van der Waals surface area contributed by atoms with E-state index in [2.05, 4.69) is 16.9 Å². The van der Waals surface area contributed by atoms with Crippen molar-refractivity contribution < 1.29 is 9.53 Å². The smallest absolute Gasteiger partial charge is 0.309 e. The van der Waals surface area contributed by atoms with Gasteiger partial charge in [-0.25, -0.2) is 0 Å². The standard InChI is InChI=1S/C9H10O2/c1-11-8(10)7-6-9(7)4-2-3-5-9/h2-5,7H,6H2,1H3. The van der Waals surface area contributed by atoms with Gasteiger partial charge in [-0.1, -0.05) is 24.3 Å². The highest BCUT2D eigenvalue weighted by Gasteiger charge is 2.56. The third-order valence-corrected chi connectivity index (χ3v) is 2.46. The molecule has 2 aliphatic carbocycles. The van der Waals surface area contributed by atoms with Crippen molar-refractivity contribution in [2.75, 3.05) is 7.11 Å². The van der Waals surface area contributed by atoms with Crippen LogP contribution in [0.1, 0.15) is 6.42 Å². The second-order valence-corrected chi connectivity index (χ2v) is 3.11. The van der Waals surface area contributed by atoms with Crippen LogP contribution in [0.25, 0.3) is 0 Å². The number of allylic oxidation sites excluding steroid dienone is 4. The zero-order valence-electron chi connectivity index (χ0n) is 6.41.